The number of ketones is 2. The van der Waals surface area contributed by atoms with Crippen LogP contribution in [-0.2, 0) is 78.3 Å². The number of aromatic hydroxyl groups is 1. The van der Waals surface area contributed by atoms with Gasteiger partial charge in [0.15, 0.2) is 23.9 Å². The van der Waals surface area contributed by atoms with Crippen LogP contribution < -0.4 is 24.3 Å². The average Bonchev–Trinajstić information content (AvgIpc) is 1.03. The van der Waals surface area contributed by atoms with Crippen molar-refractivity contribution in [3.05, 3.63) is 161 Å². The number of methoxy groups -OCH3 is 3. The van der Waals surface area contributed by atoms with Crippen LogP contribution in [0.4, 0.5) is 0 Å². The first-order valence-corrected chi connectivity index (χ1v) is 30.4. The molecular formula is C70H83N5O16. The highest BCUT2D eigenvalue weighted by molar-refractivity contribution is 6.38. The molecule has 2 heterocycles. The molecule has 0 aliphatic carbocycles. The zero-order valence-corrected chi connectivity index (χ0v) is 53.1. The number of likely N-dealkylation sites (N-methyl/N-ethyl adjacent to an activating group) is 3. The first-order chi connectivity index (χ1) is 43.6. The summed E-state index contributed by atoms with van der Waals surface area (Å²) in [5.41, 5.74) is 1.67. The molecule has 5 aromatic rings. The van der Waals surface area contributed by atoms with Gasteiger partial charge in [-0.1, -0.05) is 91.0 Å². The molecule has 2 aliphatic heterocycles. The van der Waals surface area contributed by atoms with Crippen molar-refractivity contribution in [3.63, 3.8) is 0 Å². The minimum absolute atomic E-state index is 0.0115. The number of hydrogen-bond donors (Lipinski definition) is 2. The maximum Gasteiger partial charge on any atom is 0.330 e. The molecule has 0 unspecified atom stereocenters. The van der Waals surface area contributed by atoms with E-state index in [0.29, 0.717) is 46.8 Å². The molecule has 5 aromatic carbocycles. The molecule has 2 bridgehead atoms. The van der Waals surface area contributed by atoms with Gasteiger partial charge in [-0.15, -0.1) is 0 Å². The summed E-state index contributed by atoms with van der Waals surface area (Å²) in [5.74, 6) is -5.67. The lowest BCUT2D eigenvalue weighted by Gasteiger charge is -2.36. The Bertz CT molecular complexity index is 3390. The number of amides is 5. The third-order valence-corrected chi connectivity index (χ3v) is 16.4. The number of phenolic OH excluding ortho intramolecular Hbond substituents is 1. The maximum atomic E-state index is 15.0. The van der Waals surface area contributed by atoms with E-state index in [9.17, 15) is 43.5 Å². The Labute approximate surface area is 531 Å². The smallest absolute Gasteiger partial charge is 0.330 e. The summed E-state index contributed by atoms with van der Waals surface area (Å²) < 4.78 is 35.1. The number of esters is 2. The second-order valence-electron chi connectivity index (χ2n) is 23.6. The van der Waals surface area contributed by atoms with E-state index in [2.05, 4.69) is 5.32 Å². The van der Waals surface area contributed by atoms with E-state index in [1.165, 1.54) is 87.1 Å². The van der Waals surface area contributed by atoms with E-state index >= 15 is 4.79 Å². The number of nitrogens with zero attached hydrogens (tertiary/aromatic N) is 4. The van der Waals surface area contributed by atoms with Crippen LogP contribution >= 0.6 is 0 Å². The van der Waals surface area contributed by atoms with Crippen molar-refractivity contribution in [2.24, 2.45) is 11.3 Å². The highest BCUT2D eigenvalue weighted by Gasteiger charge is 2.43. The molecule has 1 saturated heterocycles. The number of phenols is 1. The molecule has 91 heavy (non-hydrogen) atoms. The van der Waals surface area contributed by atoms with Crippen molar-refractivity contribution in [2.75, 3.05) is 75.3 Å². The Kier molecular flexibility index (Phi) is 24.9. The fourth-order valence-electron chi connectivity index (χ4n) is 11.1. The predicted molar refractivity (Wildman–Crippen MR) is 337 cm³/mol. The first-order valence-electron chi connectivity index (χ1n) is 30.4. The monoisotopic (exact) mass is 1250 g/mol. The van der Waals surface area contributed by atoms with Gasteiger partial charge in [0.2, 0.25) is 23.5 Å². The van der Waals surface area contributed by atoms with Crippen LogP contribution in [0.1, 0.15) is 86.3 Å². The number of ether oxygens (including phenoxy) is 6. The molecular weight excluding hydrogens is 1170 g/mol. The number of rotatable bonds is 12. The van der Waals surface area contributed by atoms with Gasteiger partial charge in [0.05, 0.1) is 39.3 Å². The van der Waals surface area contributed by atoms with Gasteiger partial charge in [0, 0.05) is 70.7 Å². The highest BCUT2D eigenvalue weighted by atomic mass is 16.5. The number of benzene rings is 5. The fraction of sp³-hybridized carbons (Fsp3) is 0.414. The summed E-state index contributed by atoms with van der Waals surface area (Å²) >= 11 is 0. The van der Waals surface area contributed by atoms with Crippen LogP contribution in [0.15, 0.2) is 133 Å². The summed E-state index contributed by atoms with van der Waals surface area (Å²) in [4.78, 5) is 134. The van der Waals surface area contributed by atoms with Crippen molar-refractivity contribution in [1.82, 2.24) is 24.9 Å². The van der Waals surface area contributed by atoms with Crippen LogP contribution in [0.2, 0.25) is 0 Å². The molecule has 0 radical (unpaired) electrons. The SMILES string of the molecule is COc1cc(CC[C@H]2OC(=O)[C@@H]3CCCCN3C(=O)C(=O)C(C)(C)COC(=O)C=CCCN(C)C(=O)[C@@H](Cc3ccccc3)NC(=O)CN(C)C(=O)[C@@H](Cc3ccccc3)CC(=O)[C@H](Cc3ccc(O)cc3)N(C)C(=O)COc3cccc2c3)c(OC)c(OC)c1. The topological polar surface area (TPSA) is 254 Å². The van der Waals surface area contributed by atoms with Gasteiger partial charge in [-0.25, -0.2) is 9.59 Å². The molecule has 5 amide bonds. The Morgan fingerprint density at radius 2 is 1.37 bits per heavy atom. The van der Waals surface area contributed by atoms with Crippen LogP contribution in [0.25, 0.3) is 0 Å². The van der Waals surface area contributed by atoms with Gasteiger partial charge in [-0.3, -0.25) is 33.6 Å². The van der Waals surface area contributed by atoms with Crippen molar-refractivity contribution in [2.45, 2.75) is 102 Å². The minimum Gasteiger partial charge on any atom is -0.508 e. The molecule has 7 rings (SSSR count). The number of Topliss-reactive ketones (excluding diaryl/α,β-unsaturated/α-hetero) is 2. The van der Waals surface area contributed by atoms with Gasteiger partial charge in [-0.2, -0.15) is 0 Å². The summed E-state index contributed by atoms with van der Waals surface area (Å²) in [7, 11) is 8.96. The van der Waals surface area contributed by atoms with Crippen molar-refractivity contribution >= 4 is 53.0 Å². The third-order valence-electron chi connectivity index (χ3n) is 16.4. The number of fused-ring (bicyclic) bond motifs is 3. The first kappa shape index (κ1) is 69.0. The lowest BCUT2D eigenvalue weighted by atomic mass is 9.87. The summed E-state index contributed by atoms with van der Waals surface area (Å²) in [5, 5.41) is 13.0. The number of aryl methyl sites for hydroxylation is 1. The summed E-state index contributed by atoms with van der Waals surface area (Å²) in [6, 6.07) is 31.0. The Morgan fingerprint density at radius 1 is 0.692 bits per heavy atom. The predicted octanol–water partition coefficient (Wildman–Crippen LogP) is 7.03. The maximum absolute atomic E-state index is 15.0. The zero-order chi connectivity index (χ0) is 65.8. The number of piperidine rings is 1. The minimum atomic E-state index is -1.53. The van der Waals surface area contributed by atoms with Crippen LogP contribution in [-0.4, -0.2) is 171 Å². The number of hydrogen-bond acceptors (Lipinski definition) is 16. The van der Waals surface area contributed by atoms with Crippen molar-refractivity contribution in [3.8, 4) is 28.7 Å². The molecule has 0 saturated carbocycles. The lowest BCUT2D eigenvalue weighted by Crippen LogP contribution is -2.53. The van der Waals surface area contributed by atoms with Gasteiger partial charge < -0.3 is 58.4 Å². The molecule has 484 valence electrons. The van der Waals surface area contributed by atoms with Crippen LogP contribution in [0.5, 0.6) is 28.7 Å². The van der Waals surface area contributed by atoms with Crippen LogP contribution in [0, 0.1) is 11.3 Å². The Morgan fingerprint density at radius 3 is 2.04 bits per heavy atom. The van der Waals surface area contributed by atoms with Gasteiger partial charge in [0.25, 0.3) is 11.8 Å². The molecule has 21 nitrogen and oxygen atoms in total. The normalized spacial score (nSPS) is 21.0. The number of carbonyl (C=O) groups is 9. The third kappa shape index (κ3) is 19.2. The average molecular weight is 1250 g/mol. The highest BCUT2D eigenvalue weighted by Crippen LogP contribution is 2.38. The summed E-state index contributed by atoms with van der Waals surface area (Å²) in [6.07, 6.45) is 3.24. The molecule has 2 N–H and O–H groups in total. The van der Waals surface area contributed by atoms with E-state index in [1.54, 1.807) is 79.8 Å². The van der Waals surface area contributed by atoms with Crippen LogP contribution in [0.3, 0.4) is 0 Å². The number of carbonyl (C=O) groups excluding carboxylic acids is 9. The van der Waals surface area contributed by atoms with Gasteiger partial charge in [0.1, 0.15) is 42.0 Å². The molecule has 5 atom stereocenters. The molecule has 2 aliphatic rings. The van der Waals surface area contributed by atoms with Crippen molar-refractivity contribution in [1.29, 1.82) is 0 Å². The quantitative estimate of drug-likeness (QED) is 0.0939. The second kappa shape index (κ2) is 32.8. The van der Waals surface area contributed by atoms with E-state index in [0.717, 1.165) is 17.2 Å². The van der Waals surface area contributed by atoms with E-state index in [1.807, 2.05) is 36.4 Å². The zero-order valence-electron chi connectivity index (χ0n) is 53.1. The molecule has 0 aromatic heterocycles. The Balaban J connectivity index is 1.23. The number of cyclic esters (lactones) is 2. The van der Waals surface area contributed by atoms with Gasteiger partial charge >= 0.3 is 11.9 Å². The van der Waals surface area contributed by atoms with E-state index < -0.39 is 108 Å². The number of nitrogens with one attached hydrogen (secondary N) is 1. The molecule has 0 spiro atoms. The summed E-state index contributed by atoms with van der Waals surface area (Å²) in [6.45, 7) is 1.58. The second-order valence-corrected chi connectivity index (χ2v) is 23.6. The van der Waals surface area contributed by atoms with Gasteiger partial charge in [-0.05, 0) is 118 Å². The van der Waals surface area contributed by atoms with E-state index in [4.69, 9.17) is 28.4 Å². The molecule has 1 fully saturated rings. The Hall–Kier alpha value is -9.53. The largest absolute Gasteiger partial charge is 0.508 e. The standard InChI is InChI=1S/C70H83N5O16/c1-70(2)45-90-63(80)27-16-17-34-72(3)67(83)55(37-47-22-13-10-14-23-47)71-61(78)43-73(4)66(82)51(36-46-20-11-9-12-21-46)41-58(77)57(38-48-28-31-52(76)32-29-48)74(5)62(79)44-89-53-25-19-24-49(39-53)59(33-30-50-40-54(86-6)42-60(87-7)64(50)88-8)91-69(85)56-26-15-18-35-75(56)68(84)65(70)81/h9-14,16,19-25,27-29,31-32,39-40,42,51,55-57,59,76H,15,17-18,26,30,33-38,41,43-45H2,1-8H3,(H,71,78)/t51-,55+,56-,57-,59+/m0/s1. The lowest BCUT2D eigenvalue weighted by molar-refractivity contribution is -0.165. The van der Waals surface area contributed by atoms with E-state index in [-0.39, 0.29) is 76.0 Å². The fourth-order valence-corrected chi connectivity index (χ4v) is 11.1. The van der Waals surface area contributed by atoms with Crippen molar-refractivity contribution < 1.29 is 76.7 Å². The molecule has 21 heteroatoms.